The summed E-state index contributed by atoms with van der Waals surface area (Å²) < 4.78 is 47.8. The highest BCUT2D eigenvalue weighted by Crippen LogP contribution is 2.47. The number of ether oxygens (including phenoxy) is 1. The fourth-order valence-corrected chi connectivity index (χ4v) is 5.29. The maximum Gasteiger partial charge on any atom is 0.242 e. The first-order valence-electron chi connectivity index (χ1n) is 11.1. The van der Waals surface area contributed by atoms with Crippen molar-refractivity contribution in [2.75, 3.05) is 19.4 Å². The van der Waals surface area contributed by atoms with E-state index in [-0.39, 0.29) is 17.4 Å². The Morgan fingerprint density at radius 2 is 2.03 bits per heavy atom. The second-order valence-corrected chi connectivity index (χ2v) is 10.5. The van der Waals surface area contributed by atoms with Crippen LogP contribution < -0.4 is 20.1 Å². The predicted octanol–water partition coefficient (Wildman–Crippen LogP) is 1.94. The van der Waals surface area contributed by atoms with Gasteiger partial charge in [-0.15, -0.1) is 0 Å². The van der Waals surface area contributed by atoms with Gasteiger partial charge in [0.25, 0.3) is 0 Å². The molecule has 0 saturated heterocycles. The second-order valence-electron chi connectivity index (χ2n) is 8.70. The lowest BCUT2D eigenvalue weighted by atomic mass is 10.1. The van der Waals surface area contributed by atoms with Gasteiger partial charge in [-0.05, 0) is 62.1 Å². The lowest BCUT2D eigenvalue weighted by Crippen LogP contribution is -2.42. The number of rotatable bonds is 15. The van der Waals surface area contributed by atoms with Crippen LogP contribution in [0.1, 0.15) is 56.9 Å². The maximum atomic E-state index is 14.1. The molecule has 10 heteroatoms. The Labute approximate surface area is 188 Å². The molecule has 2 fully saturated rings. The summed E-state index contributed by atoms with van der Waals surface area (Å²) in [5.74, 6) is -0.0805. The fraction of sp³-hybridized carbons (Fsp3) is 0.636. The van der Waals surface area contributed by atoms with Crippen molar-refractivity contribution in [1.29, 1.82) is 0 Å². The van der Waals surface area contributed by atoms with Crippen molar-refractivity contribution in [2.45, 2.75) is 62.9 Å². The minimum atomic E-state index is -3.53. The molecule has 0 aliphatic heterocycles. The largest absolute Gasteiger partial charge is 0.490 e. The van der Waals surface area contributed by atoms with E-state index >= 15 is 0 Å². The van der Waals surface area contributed by atoms with Gasteiger partial charge < -0.3 is 15.4 Å². The van der Waals surface area contributed by atoms with E-state index < -0.39 is 27.4 Å². The Morgan fingerprint density at radius 1 is 1.28 bits per heavy atom. The smallest absolute Gasteiger partial charge is 0.242 e. The molecule has 1 aromatic carbocycles. The van der Waals surface area contributed by atoms with Crippen LogP contribution in [0.5, 0.6) is 5.75 Å². The first-order chi connectivity index (χ1) is 15.3. The number of nitrogens with one attached hydrogen (secondary N) is 3. The van der Waals surface area contributed by atoms with Gasteiger partial charge in [-0.2, -0.15) is 0 Å². The monoisotopic (exact) mass is 469 g/mol. The lowest BCUT2D eigenvalue weighted by molar-refractivity contribution is -0.125. The summed E-state index contributed by atoms with van der Waals surface area (Å²) in [5, 5.41) is 4.95. The Morgan fingerprint density at radius 3 is 2.66 bits per heavy atom. The van der Waals surface area contributed by atoms with E-state index in [1.165, 1.54) is 13.1 Å². The highest BCUT2D eigenvalue weighted by Gasteiger charge is 2.47. The van der Waals surface area contributed by atoms with Crippen LogP contribution in [0.2, 0.25) is 0 Å². The van der Waals surface area contributed by atoms with Crippen LogP contribution in [0.4, 0.5) is 4.39 Å². The highest BCUT2D eigenvalue weighted by molar-refractivity contribution is 7.89. The SMILES string of the molecule is CNC(=O)C(CCCCCS(=O)(=O)NC1(c2ccc(F)c(OCC3CC3)c2)CC1)NC=O. The second kappa shape index (κ2) is 10.6. The molecule has 2 aliphatic carbocycles. The Hall–Kier alpha value is -2.20. The standard InChI is InChI=1S/C22H32FN3O5S/c1-24-21(28)19(25-15-27)5-3-2-4-12-32(29,30)26-22(10-11-22)17-8-9-18(23)20(13-17)31-14-16-6-7-16/h8-9,13,15-16,19,26H,2-7,10-12,14H2,1H3,(H,24,28)(H,25,27). The summed E-state index contributed by atoms with van der Waals surface area (Å²) in [6.45, 7) is 0.488. The molecule has 1 atom stereocenters. The van der Waals surface area contributed by atoms with Gasteiger partial charge in [-0.3, -0.25) is 9.59 Å². The van der Waals surface area contributed by atoms with E-state index in [9.17, 15) is 22.4 Å². The molecule has 8 nitrogen and oxygen atoms in total. The average molecular weight is 470 g/mol. The van der Waals surface area contributed by atoms with Gasteiger partial charge >= 0.3 is 0 Å². The molecule has 2 aliphatic rings. The molecule has 2 saturated carbocycles. The minimum absolute atomic E-state index is 0.0350. The predicted molar refractivity (Wildman–Crippen MR) is 118 cm³/mol. The molecule has 0 radical (unpaired) electrons. The van der Waals surface area contributed by atoms with Crippen molar-refractivity contribution in [1.82, 2.24) is 15.4 Å². The van der Waals surface area contributed by atoms with Crippen molar-refractivity contribution < 1.29 is 27.1 Å². The topological polar surface area (TPSA) is 114 Å². The molecule has 0 aromatic heterocycles. The van der Waals surface area contributed by atoms with Gasteiger partial charge in [-0.1, -0.05) is 18.9 Å². The summed E-state index contributed by atoms with van der Waals surface area (Å²) in [7, 11) is -2.03. The number of carbonyl (C=O) groups excluding carboxylic acids is 2. The Bertz CT molecular complexity index is 916. The van der Waals surface area contributed by atoms with E-state index in [1.807, 2.05) is 0 Å². The third-order valence-electron chi connectivity index (χ3n) is 5.99. The number of amides is 2. The van der Waals surface area contributed by atoms with Crippen LogP contribution in [0, 0.1) is 11.7 Å². The summed E-state index contributed by atoms with van der Waals surface area (Å²) in [6, 6.07) is 3.96. The minimum Gasteiger partial charge on any atom is -0.490 e. The number of carbonyl (C=O) groups is 2. The maximum absolute atomic E-state index is 14.1. The van der Waals surface area contributed by atoms with Crippen LogP contribution in [0.3, 0.4) is 0 Å². The van der Waals surface area contributed by atoms with Gasteiger partial charge in [0.05, 0.1) is 17.9 Å². The Kier molecular flexibility index (Phi) is 8.10. The van der Waals surface area contributed by atoms with Gasteiger partial charge in [0.2, 0.25) is 22.3 Å². The number of sulfonamides is 1. The zero-order valence-corrected chi connectivity index (χ0v) is 19.2. The molecule has 0 bridgehead atoms. The summed E-state index contributed by atoms with van der Waals surface area (Å²) >= 11 is 0. The molecule has 32 heavy (non-hydrogen) atoms. The normalized spacial score (nSPS) is 17.9. The van der Waals surface area contributed by atoms with Crippen LogP contribution in [0.15, 0.2) is 18.2 Å². The number of halogens is 1. The van der Waals surface area contributed by atoms with E-state index in [2.05, 4.69) is 15.4 Å². The van der Waals surface area contributed by atoms with Crippen molar-refractivity contribution in [3.05, 3.63) is 29.6 Å². The van der Waals surface area contributed by atoms with Gasteiger partial charge in [0, 0.05) is 7.05 Å². The quantitative estimate of drug-likeness (QED) is 0.268. The zero-order chi connectivity index (χ0) is 23.2. The van der Waals surface area contributed by atoms with Crippen LogP contribution in [-0.4, -0.2) is 46.2 Å². The first kappa shape index (κ1) is 24.4. The van der Waals surface area contributed by atoms with Gasteiger partial charge in [0.1, 0.15) is 6.04 Å². The van der Waals surface area contributed by atoms with Crippen molar-refractivity contribution in [2.24, 2.45) is 5.92 Å². The Balaban J connectivity index is 1.48. The van der Waals surface area contributed by atoms with Crippen molar-refractivity contribution >= 4 is 22.3 Å². The van der Waals surface area contributed by atoms with Gasteiger partial charge in [-0.25, -0.2) is 17.5 Å². The first-order valence-corrected chi connectivity index (χ1v) is 12.8. The molecule has 1 unspecified atom stereocenters. The van der Waals surface area contributed by atoms with Crippen molar-refractivity contribution in [3.8, 4) is 5.75 Å². The molecule has 0 spiro atoms. The number of benzene rings is 1. The molecule has 2 amide bonds. The third kappa shape index (κ3) is 6.90. The van der Waals surface area contributed by atoms with Crippen molar-refractivity contribution in [3.63, 3.8) is 0 Å². The van der Waals surface area contributed by atoms with E-state index in [4.69, 9.17) is 4.74 Å². The molecule has 178 valence electrons. The van der Waals surface area contributed by atoms with E-state index in [0.29, 0.717) is 57.5 Å². The molecular formula is C22H32FN3O5S. The number of hydrogen-bond donors (Lipinski definition) is 3. The van der Waals surface area contributed by atoms with E-state index in [1.54, 1.807) is 12.1 Å². The van der Waals surface area contributed by atoms with E-state index in [0.717, 1.165) is 18.4 Å². The molecule has 0 heterocycles. The molecule has 1 aromatic rings. The molecule has 3 rings (SSSR count). The lowest BCUT2D eigenvalue weighted by Gasteiger charge is -2.19. The number of likely N-dealkylation sites (N-methyl/N-ethyl adjacent to an activating group) is 1. The van der Waals surface area contributed by atoms with Gasteiger partial charge in [0.15, 0.2) is 11.6 Å². The highest BCUT2D eigenvalue weighted by atomic mass is 32.2. The number of hydrogen-bond acceptors (Lipinski definition) is 5. The summed E-state index contributed by atoms with van der Waals surface area (Å²) in [5.41, 5.74) is 0.0317. The van der Waals surface area contributed by atoms with Crippen LogP contribution in [0.25, 0.3) is 0 Å². The average Bonchev–Trinajstić information content (AvgIpc) is 3.68. The van der Waals surface area contributed by atoms with Crippen LogP contribution in [-0.2, 0) is 25.2 Å². The fourth-order valence-electron chi connectivity index (χ4n) is 3.69. The zero-order valence-electron chi connectivity index (χ0n) is 18.4. The molecule has 3 N–H and O–H groups in total. The third-order valence-corrected chi connectivity index (χ3v) is 7.52. The number of unbranched alkanes of at least 4 members (excludes halogenated alkanes) is 2. The molecular weight excluding hydrogens is 437 g/mol. The summed E-state index contributed by atoms with van der Waals surface area (Å²) in [4.78, 5) is 22.3. The summed E-state index contributed by atoms with van der Waals surface area (Å²) in [6.07, 6.45) is 6.10. The van der Waals surface area contributed by atoms with Crippen LogP contribution >= 0.6 is 0 Å².